The quantitative estimate of drug-likeness (QED) is 0.596. The van der Waals surface area contributed by atoms with E-state index < -0.39 is 0 Å². The van der Waals surface area contributed by atoms with Crippen LogP contribution in [0, 0.1) is 5.92 Å². The number of carbonyl (C=O) groups excluding carboxylic acids is 2. The lowest BCUT2D eigenvalue weighted by Gasteiger charge is -2.19. The lowest BCUT2D eigenvalue weighted by Crippen LogP contribution is -2.32. The predicted octanol–water partition coefficient (Wildman–Crippen LogP) is 2.81. The average molecular weight is 269 g/mol. The van der Waals surface area contributed by atoms with Crippen LogP contribution in [0.2, 0.25) is 0 Å². The molecule has 110 valence electrons. The first-order valence-corrected chi connectivity index (χ1v) is 7.67. The Kier molecular flexibility index (Phi) is 8.26. The standard InChI is InChI=1S/C15H27NO3/c1-2-19-14(17)11-8-12-16-15(18)13-9-6-4-3-5-7-10-13/h13H,2-12H2,1H3,(H,16,18). The Bertz CT molecular complexity index is 271. The van der Waals surface area contributed by atoms with Crippen LogP contribution in [0.5, 0.6) is 0 Å². The van der Waals surface area contributed by atoms with Crippen LogP contribution in [0.3, 0.4) is 0 Å². The number of rotatable bonds is 6. The lowest BCUT2D eigenvalue weighted by molar-refractivity contribution is -0.143. The largest absolute Gasteiger partial charge is 0.466 e. The van der Waals surface area contributed by atoms with Gasteiger partial charge in [-0.3, -0.25) is 9.59 Å². The van der Waals surface area contributed by atoms with Gasteiger partial charge in [0.15, 0.2) is 0 Å². The van der Waals surface area contributed by atoms with Gasteiger partial charge in [0.2, 0.25) is 5.91 Å². The van der Waals surface area contributed by atoms with Crippen molar-refractivity contribution in [1.82, 2.24) is 5.32 Å². The van der Waals surface area contributed by atoms with E-state index in [9.17, 15) is 9.59 Å². The van der Waals surface area contributed by atoms with Crippen molar-refractivity contribution in [3.05, 3.63) is 0 Å². The average Bonchev–Trinajstić information content (AvgIpc) is 2.34. The summed E-state index contributed by atoms with van der Waals surface area (Å²) < 4.78 is 4.84. The summed E-state index contributed by atoms with van der Waals surface area (Å²) in [7, 11) is 0. The first kappa shape index (κ1) is 16.0. The molecule has 4 heteroatoms. The van der Waals surface area contributed by atoms with Gasteiger partial charge in [-0.25, -0.2) is 0 Å². The van der Waals surface area contributed by atoms with Gasteiger partial charge in [0.05, 0.1) is 6.61 Å². The fraction of sp³-hybridized carbons (Fsp3) is 0.867. The Morgan fingerprint density at radius 2 is 1.74 bits per heavy atom. The normalized spacial score (nSPS) is 17.3. The molecular weight excluding hydrogens is 242 g/mol. The van der Waals surface area contributed by atoms with Crippen molar-refractivity contribution in [2.24, 2.45) is 5.92 Å². The number of ether oxygens (including phenoxy) is 1. The Balaban J connectivity index is 2.13. The van der Waals surface area contributed by atoms with Crippen molar-refractivity contribution < 1.29 is 14.3 Å². The molecule has 1 fully saturated rings. The highest BCUT2D eigenvalue weighted by atomic mass is 16.5. The molecule has 0 radical (unpaired) electrons. The van der Waals surface area contributed by atoms with Crippen LogP contribution in [0.25, 0.3) is 0 Å². The fourth-order valence-corrected chi connectivity index (χ4v) is 2.54. The molecule has 1 rings (SSSR count). The molecule has 1 saturated carbocycles. The number of hydrogen-bond acceptors (Lipinski definition) is 3. The molecule has 0 atom stereocenters. The van der Waals surface area contributed by atoms with Crippen LogP contribution in [-0.4, -0.2) is 25.0 Å². The predicted molar refractivity (Wildman–Crippen MR) is 74.7 cm³/mol. The highest BCUT2D eigenvalue weighted by Gasteiger charge is 2.18. The third-order valence-corrected chi connectivity index (χ3v) is 3.64. The van der Waals surface area contributed by atoms with Crippen LogP contribution in [0.15, 0.2) is 0 Å². The van der Waals surface area contributed by atoms with Gasteiger partial charge in [0.1, 0.15) is 0 Å². The fourth-order valence-electron chi connectivity index (χ4n) is 2.54. The summed E-state index contributed by atoms with van der Waals surface area (Å²) in [6, 6.07) is 0. The molecule has 0 unspecified atom stereocenters. The minimum atomic E-state index is -0.178. The zero-order valence-corrected chi connectivity index (χ0v) is 12.1. The summed E-state index contributed by atoms with van der Waals surface area (Å²) in [5.41, 5.74) is 0. The molecule has 0 aromatic carbocycles. The third kappa shape index (κ3) is 7.19. The molecule has 1 amide bonds. The van der Waals surface area contributed by atoms with Gasteiger partial charge in [-0.05, 0) is 26.2 Å². The highest BCUT2D eigenvalue weighted by Crippen LogP contribution is 2.22. The SMILES string of the molecule is CCOC(=O)CCCNC(=O)C1CCCCCCC1. The minimum absolute atomic E-state index is 0.172. The van der Waals surface area contributed by atoms with E-state index in [2.05, 4.69) is 5.32 Å². The number of esters is 1. The van der Waals surface area contributed by atoms with Gasteiger partial charge in [0, 0.05) is 18.9 Å². The first-order chi connectivity index (χ1) is 9.24. The van der Waals surface area contributed by atoms with Gasteiger partial charge in [-0.1, -0.05) is 32.1 Å². The van der Waals surface area contributed by atoms with Crippen molar-refractivity contribution in [2.75, 3.05) is 13.2 Å². The molecule has 1 N–H and O–H groups in total. The van der Waals surface area contributed by atoms with Crippen LogP contribution in [-0.2, 0) is 14.3 Å². The number of nitrogens with one attached hydrogen (secondary N) is 1. The molecule has 0 spiro atoms. The maximum absolute atomic E-state index is 12.0. The lowest BCUT2D eigenvalue weighted by atomic mass is 9.90. The van der Waals surface area contributed by atoms with E-state index in [4.69, 9.17) is 4.74 Å². The van der Waals surface area contributed by atoms with Crippen LogP contribution in [0.4, 0.5) is 0 Å². The van der Waals surface area contributed by atoms with Crippen molar-refractivity contribution >= 4 is 11.9 Å². The van der Waals surface area contributed by atoms with Gasteiger partial charge >= 0.3 is 5.97 Å². The van der Waals surface area contributed by atoms with Gasteiger partial charge in [-0.15, -0.1) is 0 Å². The Labute approximate surface area is 116 Å². The molecule has 1 aliphatic rings. The van der Waals surface area contributed by atoms with E-state index in [1.807, 2.05) is 0 Å². The molecule has 1 aliphatic carbocycles. The summed E-state index contributed by atoms with van der Waals surface area (Å²) >= 11 is 0. The molecule has 19 heavy (non-hydrogen) atoms. The molecule has 0 heterocycles. The van der Waals surface area contributed by atoms with Crippen molar-refractivity contribution in [3.8, 4) is 0 Å². The van der Waals surface area contributed by atoms with Crippen molar-refractivity contribution in [3.63, 3.8) is 0 Å². The highest BCUT2D eigenvalue weighted by molar-refractivity contribution is 5.78. The Morgan fingerprint density at radius 3 is 2.37 bits per heavy atom. The Morgan fingerprint density at radius 1 is 1.11 bits per heavy atom. The maximum Gasteiger partial charge on any atom is 0.305 e. The summed E-state index contributed by atoms with van der Waals surface area (Å²) in [6.45, 7) is 2.80. The summed E-state index contributed by atoms with van der Waals surface area (Å²) in [5.74, 6) is 0.177. The zero-order chi connectivity index (χ0) is 13.9. The zero-order valence-electron chi connectivity index (χ0n) is 12.1. The van der Waals surface area contributed by atoms with E-state index in [1.165, 1.54) is 32.1 Å². The Hall–Kier alpha value is -1.06. The van der Waals surface area contributed by atoms with E-state index in [-0.39, 0.29) is 17.8 Å². The second kappa shape index (κ2) is 9.82. The van der Waals surface area contributed by atoms with E-state index in [1.54, 1.807) is 6.92 Å². The molecule has 0 aliphatic heterocycles. The van der Waals surface area contributed by atoms with Gasteiger partial charge < -0.3 is 10.1 Å². The maximum atomic E-state index is 12.0. The number of hydrogen-bond donors (Lipinski definition) is 1. The summed E-state index contributed by atoms with van der Waals surface area (Å²) in [6.07, 6.45) is 9.25. The number of amides is 1. The topological polar surface area (TPSA) is 55.4 Å². The van der Waals surface area contributed by atoms with E-state index >= 15 is 0 Å². The van der Waals surface area contributed by atoms with Crippen LogP contribution >= 0.6 is 0 Å². The van der Waals surface area contributed by atoms with Gasteiger partial charge in [-0.2, -0.15) is 0 Å². The van der Waals surface area contributed by atoms with Crippen LogP contribution < -0.4 is 5.32 Å². The smallest absolute Gasteiger partial charge is 0.305 e. The molecular formula is C15H27NO3. The third-order valence-electron chi connectivity index (χ3n) is 3.64. The van der Waals surface area contributed by atoms with Crippen molar-refractivity contribution in [1.29, 1.82) is 0 Å². The van der Waals surface area contributed by atoms with E-state index in [0.29, 0.717) is 26.0 Å². The molecule has 0 saturated heterocycles. The summed E-state index contributed by atoms with van der Waals surface area (Å²) in [5, 5.41) is 2.95. The molecule has 4 nitrogen and oxygen atoms in total. The molecule has 0 aromatic rings. The van der Waals surface area contributed by atoms with E-state index in [0.717, 1.165) is 12.8 Å². The molecule has 0 aromatic heterocycles. The van der Waals surface area contributed by atoms with Gasteiger partial charge in [0.25, 0.3) is 0 Å². The second-order valence-corrected chi connectivity index (χ2v) is 5.24. The monoisotopic (exact) mass is 269 g/mol. The van der Waals surface area contributed by atoms with Crippen LogP contribution in [0.1, 0.15) is 64.7 Å². The van der Waals surface area contributed by atoms with Crippen molar-refractivity contribution in [2.45, 2.75) is 64.7 Å². The minimum Gasteiger partial charge on any atom is -0.466 e. The number of carbonyl (C=O) groups is 2. The first-order valence-electron chi connectivity index (χ1n) is 7.67. The summed E-state index contributed by atoms with van der Waals surface area (Å²) in [4.78, 5) is 23.1. The molecule has 0 bridgehead atoms. The second-order valence-electron chi connectivity index (χ2n) is 5.24.